The van der Waals surface area contributed by atoms with E-state index in [0.29, 0.717) is 44.5 Å². The molecule has 0 N–H and O–H groups in total. The molecule has 0 bridgehead atoms. The third kappa shape index (κ3) is 6.71. The van der Waals surface area contributed by atoms with Gasteiger partial charge in [0.2, 0.25) is 5.89 Å². The maximum absolute atomic E-state index is 13.3. The smallest absolute Gasteiger partial charge is 0.403 e. The third-order valence-corrected chi connectivity index (χ3v) is 7.05. The maximum Gasteiger partial charge on any atom is 0.403 e. The van der Waals surface area contributed by atoms with E-state index in [2.05, 4.69) is 16.7 Å². The number of amides is 1. The normalized spacial score (nSPS) is 14.1. The summed E-state index contributed by atoms with van der Waals surface area (Å²) in [6.07, 6.45) is -2.25. The van der Waals surface area contributed by atoms with Gasteiger partial charge in [-0.1, -0.05) is 42.4 Å². The van der Waals surface area contributed by atoms with Crippen molar-refractivity contribution in [2.45, 2.75) is 63.5 Å². The molecule has 1 saturated carbocycles. The Kier molecular flexibility index (Phi) is 9.27. The SMILES string of the molecule is C=C(CCF)C(=O)N(CCCCCc1noc(C2(C(F)(F)F)CC2)n1)c1cccc(-c2ccc(OCC)cc2)c1. The lowest BCUT2D eigenvalue weighted by Gasteiger charge is -2.24. The summed E-state index contributed by atoms with van der Waals surface area (Å²) >= 11 is 0. The van der Waals surface area contributed by atoms with Gasteiger partial charge in [0.05, 0.1) is 13.3 Å². The number of nitrogens with zero attached hydrogens (tertiary/aromatic N) is 3. The number of rotatable bonds is 14. The van der Waals surface area contributed by atoms with Gasteiger partial charge in [0.15, 0.2) is 5.82 Å². The Morgan fingerprint density at radius 3 is 2.50 bits per heavy atom. The average molecular weight is 560 g/mol. The zero-order chi connectivity index (χ0) is 28.8. The summed E-state index contributed by atoms with van der Waals surface area (Å²) in [5.74, 6) is 0.320. The monoisotopic (exact) mass is 559 g/mol. The summed E-state index contributed by atoms with van der Waals surface area (Å²) in [5, 5.41) is 3.74. The van der Waals surface area contributed by atoms with Crippen LogP contribution in [-0.2, 0) is 16.6 Å². The molecular formula is C30H33F4N3O3. The van der Waals surface area contributed by atoms with E-state index in [-0.39, 0.29) is 42.5 Å². The van der Waals surface area contributed by atoms with E-state index in [1.807, 2.05) is 55.5 Å². The first-order valence-electron chi connectivity index (χ1n) is 13.5. The Balaban J connectivity index is 1.39. The molecule has 0 radical (unpaired) electrons. The van der Waals surface area contributed by atoms with Crippen LogP contribution in [0.2, 0.25) is 0 Å². The molecule has 0 atom stereocenters. The van der Waals surface area contributed by atoms with Gasteiger partial charge in [-0.25, -0.2) is 0 Å². The first-order chi connectivity index (χ1) is 19.2. The fourth-order valence-electron chi connectivity index (χ4n) is 4.55. The highest BCUT2D eigenvalue weighted by molar-refractivity contribution is 6.05. The molecule has 6 nitrogen and oxygen atoms in total. The molecule has 1 amide bonds. The highest BCUT2D eigenvalue weighted by atomic mass is 19.4. The van der Waals surface area contributed by atoms with E-state index in [0.717, 1.165) is 16.9 Å². The van der Waals surface area contributed by atoms with Crippen molar-refractivity contribution in [3.05, 3.63) is 72.4 Å². The number of halogens is 4. The Morgan fingerprint density at radius 1 is 1.10 bits per heavy atom. The summed E-state index contributed by atoms with van der Waals surface area (Å²) in [5.41, 5.74) is 0.738. The van der Waals surface area contributed by atoms with Gasteiger partial charge in [-0.2, -0.15) is 18.2 Å². The molecule has 0 unspecified atom stereocenters. The van der Waals surface area contributed by atoms with Gasteiger partial charge in [-0.15, -0.1) is 0 Å². The Hall–Kier alpha value is -3.69. The summed E-state index contributed by atoms with van der Waals surface area (Å²) in [7, 11) is 0. The Morgan fingerprint density at radius 2 is 1.85 bits per heavy atom. The second kappa shape index (κ2) is 12.7. The molecule has 1 heterocycles. The number of carbonyl (C=O) groups excluding carboxylic acids is 1. The van der Waals surface area contributed by atoms with Gasteiger partial charge in [-0.3, -0.25) is 9.18 Å². The van der Waals surface area contributed by atoms with Crippen LogP contribution in [0.5, 0.6) is 5.75 Å². The van der Waals surface area contributed by atoms with E-state index in [1.165, 1.54) is 0 Å². The molecule has 0 aliphatic heterocycles. The number of anilines is 1. The molecule has 1 fully saturated rings. The standard InChI is InChI=1S/C30H33F4N3O3/c1-3-39-25-13-11-22(12-14-25)23-8-7-9-24(20-23)37(27(38)21(2)15-18-31)19-6-4-5-10-26-35-28(40-36-26)29(16-17-29)30(32,33)34/h7-9,11-14,20H,2-6,10,15-19H2,1H3. The lowest BCUT2D eigenvalue weighted by atomic mass is 10.0. The van der Waals surface area contributed by atoms with Crippen molar-refractivity contribution in [1.29, 1.82) is 0 Å². The summed E-state index contributed by atoms with van der Waals surface area (Å²) in [6, 6.07) is 15.2. The molecule has 0 spiro atoms. The molecule has 3 aromatic rings. The number of ether oxygens (including phenoxy) is 1. The van der Waals surface area contributed by atoms with Crippen molar-refractivity contribution in [1.82, 2.24) is 10.1 Å². The highest BCUT2D eigenvalue weighted by Crippen LogP contribution is 2.58. The summed E-state index contributed by atoms with van der Waals surface area (Å²) < 4.78 is 63.3. The van der Waals surface area contributed by atoms with Gasteiger partial charge >= 0.3 is 6.18 Å². The van der Waals surface area contributed by atoms with Crippen molar-refractivity contribution in [3.8, 4) is 16.9 Å². The number of aromatic nitrogens is 2. The fraction of sp³-hybridized carbons (Fsp3) is 0.433. The molecule has 1 aliphatic carbocycles. The van der Waals surface area contributed by atoms with Gasteiger partial charge in [0, 0.05) is 30.6 Å². The van der Waals surface area contributed by atoms with Crippen molar-refractivity contribution < 1.29 is 31.6 Å². The first kappa shape index (κ1) is 29.3. The van der Waals surface area contributed by atoms with Crippen LogP contribution < -0.4 is 9.64 Å². The molecule has 0 saturated heterocycles. The minimum atomic E-state index is -4.40. The number of aryl methyl sites for hydroxylation is 1. The molecule has 10 heteroatoms. The van der Waals surface area contributed by atoms with Crippen LogP contribution in [-0.4, -0.2) is 42.1 Å². The number of unbranched alkanes of at least 4 members (excludes halogenated alkanes) is 2. The minimum absolute atomic E-state index is 0.0323. The van der Waals surface area contributed by atoms with E-state index < -0.39 is 18.3 Å². The van der Waals surface area contributed by atoms with Crippen LogP contribution in [0.4, 0.5) is 23.2 Å². The topological polar surface area (TPSA) is 68.5 Å². The highest BCUT2D eigenvalue weighted by Gasteiger charge is 2.68. The number of hydrogen-bond donors (Lipinski definition) is 0. The average Bonchev–Trinajstić information content (AvgIpc) is 3.64. The van der Waals surface area contributed by atoms with Crippen molar-refractivity contribution >= 4 is 11.6 Å². The van der Waals surface area contributed by atoms with Crippen LogP contribution in [0.25, 0.3) is 11.1 Å². The van der Waals surface area contributed by atoms with Crippen molar-refractivity contribution in [3.63, 3.8) is 0 Å². The van der Waals surface area contributed by atoms with Gasteiger partial charge in [-0.05, 0) is 68.0 Å². The van der Waals surface area contributed by atoms with E-state index in [4.69, 9.17) is 9.26 Å². The molecule has 214 valence electrons. The molecule has 40 heavy (non-hydrogen) atoms. The second-order valence-electron chi connectivity index (χ2n) is 9.91. The Labute approximate surface area is 231 Å². The quantitative estimate of drug-likeness (QED) is 0.117. The fourth-order valence-corrected chi connectivity index (χ4v) is 4.55. The molecule has 1 aromatic heterocycles. The van der Waals surface area contributed by atoms with Gasteiger partial charge in [0.25, 0.3) is 5.91 Å². The van der Waals surface area contributed by atoms with Crippen molar-refractivity contribution in [2.75, 3.05) is 24.7 Å². The number of hydrogen-bond acceptors (Lipinski definition) is 5. The van der Waals surface area contributed by atoms with Crippen molar-refractivity contribution in [2.24, 2.45) is 0 Å². The lowest BCUT2D eigenvalue weighted by Crippen LogP contribution is -2.33. The predicted octanol–water partition coefficient (Wildman–Crippen LogP) is 7.39. The van der Waals surface area contributed by atoms with E-state index in [9.17, 15) is 22.4 Å². The molecular weight excluding hydrogens is 526 g/mol. The van der Waals surface area contributed by atoms with E-state index >= 15 is 0 Å². The Bertz CT molecular complexity index is 1300. The number of benzene rings is 2. The van der Waals surface area contributed by atoms with Crippen LogP contribution >= 0.6 is 0 Å². The van der Waals surface area contributed by atoms with Crippen LogP contribution in [0, 0.1) is 0 Å². The predicted molar refractivity (Wildman–Crippen MR) is 144 cm³/mol. The zero-order valence-corrected chi connectivity index (χ0v) is 22.5. The largest absolute Gasteiger partial charge is 0.494 e. The molecule has 2 aromatic carbocycles. The maximum atomic E-state index is 13.3. The lowest BCUT2D eigenvalue weighted by molar-refractivity contribution is -0.166. The van der Waals surface area contributed by atoms with Crippen LogP contribution in [0.3, 0.4) is 0 Å². The third-order valence-electron chi connectivity index (χ3n) is 7.05. The first-order valence-corrected chi connectivity index (χ1v) is 13.5. The zero-order valence-electron chi connectivity index (χ0n) is 22.5. The number of carbonyl (C=O) groups is 1. The molecule has 1 aliphatic rings. The second-order valence-corrected chi connectivity index (χ2v) is 9.91. The van der Waals surface area contributed by atoms with Crippen LogP contribution in [0.1, 0.15) is 57.2 Å². The van der Waals surface area contributed by atoms with E-state index in [1.54, 1.807) is 4.90 Å². The van der Waals surface area contributed by atoms with Gasteiger partial charge in [0.1, 0.15) is 11.2 Å². The summed E-state index contributed by atoms with van der Waals surface area (Å²) in [6.45, 7) is 5.96. The number of alkyl halides is 4. The van der Waals surface area contributed by atoms with Crippen LogP contribution in [0.15, 0.2) is 65.2 Å². The summed E-state index contributed by atoms with van der Waals surface area (Å²) in [4.78, 5) is 18.8. The minimum Gasteiger partial charge on any atom is -0.494 e. The van der Waals surface area contributed by atoms with Gasteiger partial charge < -0.3 is 14.2 Å². The molecule has 4 rings (SSSR count).